The second kappa shape index (κ2) is 5.62. The number of carbonyl (C=O) groups excluding carboxylic acids is 1. The van der Waals surface area contributed by atoms with Crippen LogP contribution in [-0.4, -0.2) is 31.1 Å². The van der Waals surface area contributed by atoms with Crippen LogP contribution in [0.15, 0.2) is 18.2 Å². The Hall–Kier alpha value is -1.91. The summed E-state index contributed by atoms with van der Waals surface area (Å²) in [7, 11) is 1.61. The number of amides is 2. The number of urea groups is 1. The fraction of sp³-hybridized carbons (Fsp3) is 0.462. The molecule has 0 atom stereocenters. The zero-order chi connectivity index (χ0) is 13.0. The first-order valence-electron chi connectivity index (χ1n) is 6.16. The number of hydrogen-bond acceptors (Lipinski definition) is 3. The molecule has 1 aromatic rings. The standard InChI is InChI=1S/C13H19N3O2/c1-18-12-5-4-11(14)8-10(12)9-15-13(17)16-6-2-3-7-16/h4-5,8H,2-3,6-7,9,14H2,1H3,(H,15,17). The van der Waals surface area contributed by atoms with Gasteiger partial charge in [0.1, 0.15) is 5.75 Å². The highest BCUT2D eigenvalue weighted by atomic mass is 16.5. The van der Waals surface area contributed by atoms with Gasteiger partial charge in [-0.15, -0.1) is 0 Å². The number of hydrogen-bond donors (Lipinski definition) is 2. The van der Waals surface area contributed by atoms with E-state index in [0.717, 1.165) is 37.2 Å². The number of carbonyl (C=O) groups is 1. The average molecular weight is 249 g/mol. The van der Waals surface area contributed by atoms with Gasteiger partial charge in [0.15, 0.2) is 0 Å². The van der Waals surface area contributed by atoms with Gasteiger partial charge in [0.05, 0.1) is 7.11 Å². The molecule has 1 aromatic carbocycles. The third-order valence-electron chi connectivity index (χ3n) is 3.13. The van der Waals surface area contributed by atoms with Crippen molar-refractivity contribution in [3.05, 3.63) is 23.8 Å². The molecule has 18 heavy (non-hydrogen) atoms. The number of ether oxygens (including phenoxy) is 1. The predicted molar refractivity (Wildman–Crippen MR) is 70.4 cm³/mol. The lowest BCUT2D eigenvalue weighted by atomic mass is 10.2. The summed E-state index contributed by atoms with van der Waals surface area (Å²) in [5.41, 5.74) is 7.29. The maximum absolute atomic E-state index is 11.8. The van der Waals surface area contributed by atoms with E-state index in [9.17, 15) is 4.79 Å². The maximum atomic E-state index is 11.8. The Balaban J connectivity index is 1.96. The molecule has 1 aliphatic heterocycles. The predicted octanol–water partition coefficient (Wildman–Crippen LogP) is 1.58. The second-order valence-corrected chi connectivity index (χ2v) is 4.42. The molecule has 1 heterocycles. The summed E-state index contributed by atoms with van der Waals surface area (Å²) in [5, 5.41) is 2.89. The smallest absolute Gasteiger partial charge is 0.317 e. The molecule has 98 valence electrons. The van der Waals surface area contributed by atoms with Crippen LogP contribution in [0.1, 0.15) is 18.4 Å². The van der Waals surface area contributed by atoms with Crippen LogP contribution in [-0.2, 0) is 6.54 Å². The third kappa shape index (κ3) is 2.85. The minimum Gasteiger partial charge on any atom is -0.496 e. The molecule has 3 N–H and O–H groups in total. The minimum atomic E-state index is -0.0167. The lowest BCUT2D eigenvalue weighted by Crippen LogP contribution is -2.37. The van der Waals surface area contributed by atoms with Gasteiger partial charge in [-0.1, -0.05) is 0 Å². The van der Waals surface area contributed by atoms with E-state index in [-0.39, 0.29) is 6.03 Å². The number of nitrogens with zero attached hydrogens (tertiary/aromatic N) is 1. The Kier molecular flexibility index (Phi) is 3.92. The fourth-order valence-electron chi connectivity index (χ4n) is 2.14. The SMILES string of the molecule is COc1ccc(N)cc1CNC(=O)N1CCCC1. The van der Waals surface area contributed by atoms with Crippen LogP contribution < -0.4 is 15.8 Å². The molecule has 5 heteroatoms. The Morgan fingerprint density at radius 2 is 2.17 bits per heavy atom. The van der Waals surface area contributed by atoms with Gasteiger partial charge in [0.25, 0.3) is 0 Å². The van der Waals surface area contributed by atoms with E-state index in [4.69, 9.17) is 10.5 Å². The van der Waals surface area contributed by atoms with Gasteiger partial charge < -0.3 is 20.7 Å². The summed E-state index contributed by atoms with van der Waals surface area (Å²) in [4.78, 5) is 13.7. The number of nitrogens with two attached hydrogens (primary N) is 1. The molecule has 1 fully saturated rings. The molecule has 0 aliphatic carbocycles. The van der Waals surface area contributed by atoms with E-state index < -0.39 is 0 Å². The van der Waals surface area contributed by atoms with E-state index in [1.165, 1.54) is 0 Å². The number of rotatable bonds is 3. The maximum Gasteiger partial charge on any atom is 0.317 e. The normalized spacial score (nSPS) is 14.6. The third-order valence-corrected chi connectivity index (χ3v) is 3.13. The highest BCUT2D eigenvalue weighted by Gasteiger charge is 2.17. The van der Waals surface area contributed by atoms with Crippen molar-refractivity contribution in [1.82, 2.24) is 10.2 Å². The molecular formula is C13H19N3O2. The quantitative estimate of drug-likeness (QED) is 0.799. The summed E-state index contributed by atoms with van der Waals surface area (Å²) in [6, 6.07) is 5.40. The van der Waals surface area contributed by atoms with Gasteiger partial charge in [0, 0.05) is 30.9 Å². The first kappa shape index (κ1) is 12.5. The molecule has 0 radical (unpaired) electrons. The zero-order valence-corrected chi connectivity index (χ0v) is 10.6. The van der Waals surface area contributed by atoms with Gasteiger partial charge in [-0.2, -0.15) is 0 Å². The van der Waals surface area contributed by atoms with Crippen molar-refractivity contribution >= 4 is 11.7 Å². The summed E-state index contributed by atoms with van der Waals surface area (Å²) >= 11 is 0. The Labute approximate surface area is 107 Å². The molecule has 0 saturated carbocycles. The number of methoxy groups -OCH3 is 1. The van der Waals surface area contributed by atoms with Crippen LogP contribution in [0, 0.1) is 0 Å². The summed E-state index contributed by atoms with van der Waals surface area (Å²) in [6.07, 6.45) is 2.18. The molecular weight excluding hydrogens is 230 g/mol. The van der Waals surface area contributed by atoms with Crippen LogP contribution in [0.5, 0.6) is 5.75 Å². The summed E-state index contributed by atoms with van der Waals surface area (Å²) in [5.74, 6) is 0.742. The van der Waals surface area contributed by atoms with Crippen molar-refractivity contribution < 1.29 is 9.53 Å². The van der Waals surface area contributed by atoms with Gasteiger partial charge in [0.2, 0.25) is 0 Å². The Morgan fingerprint density at radius 3 is 2.83 bits per heavy atom. The van der Waals surface area contributed by atoms with E-state index >= 15 is 0 Å². The van der Waals surface area contributed by atoms with Gasteiger partial charge in [-0.25, -0.2) is 4.79 Å². The van der Waals surface area contributed by atoms with Crippen molar-refractivity contribution in [2.45, 2.75) is 19.4 Å². The molecule has 0 aromatic heterocycles. The summed E-state index contributed by atoms with van der Waals surface area (Å²) in [6.45, 7) is 2.13. The van der Waals surface area contributed by atoms with Crippen LogP contribution >= 0.6 is 0 Å². The molecule has 2 rings (SSSR count). The van der Waals surface area contributed by atoms with Crippen molar-refractivity contribution in [2.24, 2.45) is 0 Å². The Bertz CT molecular complexity index is 428. The minimum absolute atomic E-state index is 0.0167. The molecule has 0 bridgehead atoms. The zero-order valence-electron chi connectivity index (χ0n) is 10.6. The van der Waals surface area contributed by atoms with Crippen molar-refractivity contribution in [3.63, 3.8) is 0 Å². The second-order valence-electron chi connectivity index (χ2n) is 4.42. The van der Waals surface area contributed by atoms with Gasteiger partial charge >= 0.3 is 6.03 Å². The number of nitrogens with one attached hydrogen (secondary N) is 1. The lowest BCUT2D eigenvalue weighted by Gasteiger charge is -2.17. The van der Waals surface area contributed by atoms with Crippen molar-refractivity contribution in [2.75, 3.05) is 25.9 Å². The molecule has 0 unspecified atom stereocenters. The van der Waals surface area contributed by atoms with E-state index in [1.54, 1.807) is 13.2 Å². The number of likely N-dealkylation sites (tertiary alicyclic amines) is 1. The first-order chi connectivity index (χ1) is 8.70. The lowest BCUT2D eigenvalue weighted by molar-refractivity contribution is 0.208. The van der Waals surface area contributed by atoms with Crippen LogP contribution in [0.2, 0.25) is 0 Å². The van der Waals surface area contributed by atoms with E-state index in [2.05, 4.69) is 5.32 Å². The molecule has 5 nitrogen and oxygen atoms in total. The first-order valence-corrected chi connectivity index (χ1v) is 6.16. The number of nitrogen functional groups attached to an aromatic ring is 1. The molecule has 0 spiro atoms. The van der Waals surface area contributed by atoms with Crippen molar-refractivity contribution in [1.29, 1.82) is 0 Å². The number of anilines is 1. The highest BCUT2D eigenvalue weighted by molar-refractivity contribution is 5.74. The molecule has 1 aliphatic rings. The van der Waals surface area contributed by atoms with Crippen LogP contribution in [0.4, 0.5) is 10.5 Å². The van der Waals surface area contributed by atoms with Crippen molar-refractivity contribution in [3.8, 4) is 5.75 Å². The fourth-order valence-corrected chi connectivity index (χ4v) is 2.14. The topological polar surface area (TPSA) is 67.6 Å². The highest BCUT2D eigenvalue weighted by Crippen LogP contribution is 2.20. The summed E-state index contributed by atoms with van der Waals surface area (Å²) < 4.78 is 5.24. The molecule has 2 amide bonds. The van der Waals surface area contributed by atoms with Gasteiger partial charge in [-0.3, -0.25) is 0 Å². The Morgan fingerprint density at radius 1 is 1.44 bits per heavy atom. The average Bonchev–Trinajstić information content (AvgIpc) is 2.90. The van der Waals surface area contributed by atoms with Gasteiger partial charge in [-0.05, 0) is 31.0 Å². The van der Waals surface area contributed by atoms with E-state index in [0.29, 0.717) is 12.2 Å². The molecule has 1 saturated heterocycles. The monoisotopic (exact) mass is 249 g/mol. The van der Waals surface area contributed by atoms with E-state index in [1.807, 2.05) is 17.0 Å². The largest absolute Gasteiger partial charge is 0.496 e. The van der Waals surface area contributed by atoms with Crippen LogP contribution in [0.25, 0.3) is 0 Å². The van der Waals surface area contributed by atoms with Crippen LogP contribution in [0.3, 0.4) is 0 Å². The number of benzene rings is 1.